The van der Waals surface area contributed by atoms with Crippen LogP contribution >= 0.6 is 12.4 Å². The van der Waals surface area contributed by atoms with Crippen LogP contribution < -0.4 is 5.32 Å². The highest BCUT2D eigenvalue weighted by Gasteiger charge is 2.22. The van der Waals surface area contributed by atoms with E-state index >= 15 is 0 Å². The van der Waals surface area contributed by atoms with Gasteiger partial charge in [-0.05, 0) is 25.1 Å². The summed E-state index contributed by atoms with van der Waals surface area (Å²) in [5, 5.41) is 3.29. The first-order chi connectivity index (χ1) is 9.11. The fraction of sp³-hybridized carbons (Fsp3) is 0.429. The number of methoxy groups -OCH3 is 1. The SMILES string of the molecule is COC(=O)c1cccc(C(=O)N2CCN[C@H](C)C2)c1.Cl. The molecule has 1 amide bonds. The molecule has 1 fully saturated rings. The lowest BCUT2D eigenvalue weighted by Crippen LogP contribution is -2.51. The smallest absolute Gasteiger partial charge is 0.337 e. The number of halogens is 1. The molecule has 0 aromatic heterocycles. The number of piperazine rings is 1. The Balaban J connectivity index is 0.00000200. The summed E-state index contributed by atoms with van der Waals surface area (Å²) in [6.07, 6.45) is 0. The molecule has 1 saturated heterocycles. The number of nitrogens with one attached hydrogen (secondary N) is 1. The van der Waals surface area contributed by atoms with Crippen molar-refractivity contribution in [2.45, 2.75) is 13.0 Å². The summed E-state index contributed by atoms with van der Waals surface area (Å²) in [6.45, 7) is 4.21. The van der Waals surface area contributed by atoms with Gasteiger partial charge in [-0.1, -0.05) is 6.07 Å². The van der Waals surface area contributed by atoms with E-state index in [1.165, 1.54) is 7.11 Å². The Morgan fingerprint density at radius 3 is 2.70 bits per heavy atom. The minimum Gasteiger partial charge on any atom is -0.465 e. The molecule has 5 nitrogen and oxygen atoms in total. The average molecular weight is 299 g/mol. The maximum Gasteiger partial charge on any atom is 0.337 e. The first-order valence-electron chi connectivity index (χ1n) is 6.33. The van der Waals surface area contributed by atoms with Crippen molar-refractivity contribution in [3.63, 3.8) is 0 Å². The quantitative estimate of drug-likeness (QED) is 0.837. The van der Waals surface area contributed by atoms with Crippen LogP contribution in [0, 0.1) is 0 Å². The van der Waals surface area contributed by atoms with Gasteiger partial charge in [-0.2, -0.15) is 0 Å². The lowest BCUT2D eigenvalue weighted by atomic mass is 10.1. The largest absolute Gasteiger partial charge is 0.465 e. The summed E-state index contributed by atoms with van der Waals surface area (Å²) in [6, 6.07) is 6.94. The van der Waals surface area contributed by atoms with E-state index in [9.17, 15) is 9.59 Å². The molecule has 1 aliphatic heterocycles. The number of esters is 1. The van der Waals surface area contributed by atoms with Crippen LogP contribution in [-0.2, 0) is 4.74 Å². The number of ether oxygens (including phenoxy) is 1. The predicted octanol–water partition coefficient (Wildman–Crippen LogP) is 1.33. The molecule has 20 heavy (non-hydrogen) atoms. The summed E-state index contributed by atoms with van der Waals surface area (Å²) in [5.41, 5.74) is 0.925. The Bertz CT molecular complexity index is 493. The highest BCUT2D eigenvalue weighted by atomic mass is 35.5. The number of carbonyl (C=O) groups is 2. The summed E-state index contributed by atoms with van der Waals surface area (Å²) < 4.78 is 4.66. The Labute approximate surface area is 124 Å². The van der Waals surface area contributed by atoms with Gasteiger partial charge in [0.25, 0.3) is 5.91 Å². The minimum atomic E-state index is -0.427. The van der Waals surface area contributed by atoms with Gasteiger partial charge < -0.3 is 15.0 Å². The van der Waals surface area contributed by atoms with E-state index in [4.69, 9.17) is 0 Å². The number of amides is 1. The molecule has 0 bridgehead atoms. The van der Waals surface area contributed by atoms with Crippen molar-refractivity contribution < 1.29 is 14.3 Å². The highest BCUT2D eigenvalue weighted by Crippen LogP contribution is 2.11. The third-order valence-corrected chi connectivity index (χ3v) is 3.19. The second-order valence-corrected chi connectivity index (χ2v) is 4.68. The Morgan fingerprint density at radius 2 is 2.05 bits per heavy atom. The van der Waals surface area contributed by atoms with Gasteiger partial charge >= 0.3 is 5.97 Å². The standard InChI is InChI=1S/C14H18N2O3.ClH/c1-10-9-16(7-6-15-10)13(17)11-4-3-5-12(8-11)14(18)19-2;/h3-5,8,10,15H,6-7,9H2,1-2H3;1H/t10-;/m1./s1. The van der Waals surface area contributed by atoms with E-state index in [2.05, 4.69) is 10.1 Å². The maximum atomic E-state index is 12.4. The number of nitrogens with zero attached hydrogens (tertiary/aromatic N) is 1. The molecule has 0 radical (unpaired) electrons. The van der Waals surface area contributed by atoms with Gasteiger partial charge in [0, 0.05) is 31.2 Å². The first-order valence-corrected chi connectivity index (χ1v) is 6.33. The summed E-state index contributed by atoms with van der Waals surface area (Å²) in [7, 11) is 1.33. The molecule has 0 saturated carbocycles. The van der Waals surface area contributed by atoms with Gasteiger partial charge in [0.15, 0.2) is 0 Å². The zero-order chi connectivity index (χ0) is 13.8. The van der Waals surface area contributed by atoms with Crippen molar-refractivity contribution in [2.24, 2.45) is 0 Å². The van der Waals surface area contributed by atoms with E-state index in [0.29, 0.717) is 30.3 Å². The van der Waals surface area contributed by atoms with Crippen molar-refractivity contribution in [3.8, 4) is 0 Å². The molecule has 1 aromatic carbocycles. The van der Waals surface area contributed by atoms with Crippen molar-refractivity contribution in [3.05, 3.63) is 35.4 Å². The molecule has 1 N–H and O–H groups in total. The lowest BCUT2D eigenvalue weighted by Gasteiger charge is -2.32. The lowest BCUT2D eigenvalue weighted by molar-refractivity contribution is 0.0600. The molecule has 0 unspecified atom stereocenters. The zero-order valence-corrected chi connectivity index (χ0v) is 12.4. The van der Waals surface area contributed by atoms with E-state index in [-0.39, 0.29) is 18.3 Å². The van der Waals surface area contributed by atoms with Crippen molar-refractivity contribution in [2.75, 3.05) is 26.7 Å². The van der Waals surface area contributed by atoms with Crippen LogP contribution in [0.2, 0.25) is 0 Å². The third kappa shape index (κ3) is 3.71. The summed E-state index contributed by atoms with van der Waals surface area (Å²) >= 11 is 0. The molecule has 6 heteroatoms. The Morgan fingerprint density at radius 1 is 1.35 bits per heavy atom. The number of hydrogen-bond donors (Lipinski definition) is 1. The van der Waals surface area contributed by atoms with Crippen LogP contribution in [0.4, 0.5) is 0 Å². The van der Waals surface area contributed by atoms with Gasteiger partial charge in [0.1, 0.15) is 0 Å². The summed E-state index contributed by atoms with van der Waals surface area (Å²) in [5.74, 6) is -0.470. The number of rotatable bonds is 2. The second kappa shape index (κ2) is 7.26. The Kier molecular flexibility index (Phi) is 5.98. The predicted molar refractivity (Wildman–Crippen MR) is 78.4 cm³/mol. The maximum absolute atomic E-state index is 12.4. The highest BCUT2D eigenvalue weighted by molar-refractivity contribution is 5.98. The monoisotopic (exact) mass is 298 g/mol. The van der Waals surface area contributed by atoms with Gasteiger partial charge in [-0.15, -0.1) is 12.4 Å². The topological polar surface area (TPSA) is 58.6 Å². The molecular formula is C14H19ClN2O3. The fourth-order valence-electron chi connectivity index (χ4n) is 2.20. The number of benzene rings is 1. The van der Waals surface area contributed by atoms with Crippen molar-refractivity contribution in [1.82, 2.24) is 10.2 Å². The van der Waals surface area contributed by atoms with Crippen LogP contribution in [0.25, 0.3) is 0 Å². The van der Waals surface area contributed by atoms with Crippen molar-refractivity contribution in [1.29, 1.82) is 0 Å². The Hall–Kier alpha value is -1.59. The third-order valence-electron chi connectivity index (χ3n) is 3.19. The van der Waals surface area contributed by atoms with Crippen LogP contribution in [0.1, 0.15) is 27.6 Å². The fourth-order valence-corrected chi connectivity index (χ4v) is 2.20. The van der Waals surface area contributed by atoms with Crippen LogP contribution in [0.15, 0.2) is 24.3 Å². The molecule has 1 heterocycles. The molecule has 2 rings (SSSR count). The van der Waals surface area contributed by atoms with E-state index in [0.717, 1.165) is 6.54 Å². The minimum absolute atomic E-state index is 0. The molecule has 1 aromatic rings. The van der Waals surface area contributed by atoms with Crippen LogP contribution in [-0.4, -0.2) is 49.6 Å². The van der Waals surface area contributed by atoms with E-state index < -0.39 is 5.97 Å². The van der Waals surface area contributed by atoms with Gasteiger partial charge in [-0.3, -0.25) is 4.79 Å². The molecule has 1 atom stereocenters. The normalized spacial score (nSPS) is 18.1. The van der Waals surface area contributed by atoms with Gasteiger partial charge in [0.05, 0.1) is 12.7 Å². The van der Waals surface area contributed by atoms with Crippen LogP contribution in [0.5, 0.6) is 0 Å². The van der Waals surface area contributed by atoms with Crippen molar-refractivity contribution >= 4 is 24.3 Å². The molecule has 1 aliphatic rings. The van der Waals surface area contributed by atoms with Gasteiger partial charge in [-0.25, -0.2) is 4.79 Å². The number of carbonyl (C=O) groups excluding carboxylic acids is 2. The first kappa shape index (κ1) is 16.5. The number of hydrogen-bond acceptors (Lipinski definition) is 4. The second-order valence-electron chi connectivity index (χ2n) is 4.68. The van der Waals surface area contributed by atoms with Crippen LogP contribution in [0.3, 0.4) is 0 Å². The zero-order valence-electron chi connectivity index (χ0n) is 11.6. The molecule has 0 aliphatic carbocycles. The van der Waals surface area contributed by atoms with Gasteiger partial charge in [0.2, 0.25) is 0 Å². The van der Waals surface area contributed by atoms with E-state index in [1.807, 2.05) is 6.92 Å². The van der Waals surface area contributed by atoms with E-state index in [1.54, 1.807) is 29.2 Å². The summed E-state index contributed by atoms with van der Waals surface area (Å²) in [4.78, 5) is 25.6. The molecule has 0 spiro atoms. The molecular weight excluding hydrogens is 280 g/mol. The molecule has 110 valence electrons. The average Bonchev–Trinajstić information content (AvgIpc) is 2.45.